The number of carbonyl (C=O) groups excluding carboxylic acids is 2. The predicted octanol–water partition coefficient (Wildman–Crippen LogP) is 7.65. The number of halogens is 2. The van der Waals surface area contributed by atoms with E-state index in [0.29, 0.717) is 17.5 Å². The fourth-order valence-corrected chi connectivity index (χ4v) is 5.65. The number of rotatable bonds is 17. The van der Waals surface area contributed by atoms with E-state index in [-0.39, 0.29) is 12.5 Å². The third-order valence-electron chi connectivity index (χ3n) is 6.56. The maximum atomic E-state index is 12.9. The van der Waals surface area contributed by atoms with Crippen molar-refractivity contribution >= 4 is 23.8 Å². The summed E-state index contributed by atoms with van der Waals surface area (Å²) in [6, 6.07) is 6.78. The zero-order valence-corrected chi connectivity index (χ0v) is 29.8. The van der Waals surface area contributed by atoms with Crippen LogP contribution in [-0.2, 0) is 22.5 Å². The monoisotopic (exact) mass is 655 g/mol. The van der Waals surface area contributed by atoms with Gasteiger partial charge in [-0.05, 0) is 84.1 Å². The van der Waals surface area contributed by atoms with E-state index in [0.717, 1.165) is 43.7 Å². The van der Waals surface area contributed by atoms with E-state index in [9.17, 15) is 23.5 Å². The Kier molecular flexibility index (Phi) is 21.7. The molecule has 1 aromatic carbocycles. The van der Waals surface area contributed by atoms with Crippen LogP contribution in [0.15, 0.2) is 48.3 Å². The van der Waals surface area contributed by atoms with Gasteiger partial charge in [0.05, 0.1) is 24.7 Å². The van der Waals surface area contributed by atoms with Gasteiger partial charge < -0.3 is 25.8 Å². The first-order valence-electron chi connectivity index (χ1n) is 16.1. The molecule has 0 spiro atoms. The molecule has 0 heterocycles. The van der Waals surface area contributed by atoms with Crippen molar-refractivity contribution in [3.8, 4) is 0 Å². The third-order valence-corrected chi connectivity index (χ3v) is 8.06. The number of hydrogen-bond acceptors (Lipinski definition) is 6. The molecule has 0 saturated heterocycles. The van der Waals surface area contributed by atoms with Crippen LogP contribution in [0.1, 0.15) is 99.1 Å². The van der Waals surface area contributed by atoms with Crippen LogP contribution in [-0.4, -0.2) is 69.5 Å². The number of nitrogens with zero attached hydrogens (tertiary/aromatic N) is 1. The Hall–Kier alpha value is -2.43. The van der Waals surface area contributed by atoms with Crippen molar-refractivity contribution in [3.63, 3.8) is 0 Å². The van der Waals surface area contributed by atoms with E-state index in [4.69, 9.17) is 10.5 Å². The summed E-state index contributed by atoms with van der Waals surface area (Å²) in [4.78, 5) is 27.1. The number of alkyl halides is 1. The number of benzene rings is 1. The third kappa shape index (κ3) is 20.3. The molecule has 7 nitrogen and oxygen atoms in total. The molecular formula is C35H59F2N3O4S. The Morgan fingerprint density at radius 2 is 1.73 bits per heavy atom. The molecule has 0 aliphatic carbocycles. The van der Waals surface area contributed by atoms with Crippen LogP contribution < -0.4 is 11.1 Å². The Labute approximate surface area is 275 Å². The van der Waals surface area contributed by atoms with Crippen molar-refractivity contribution in [3.05, 3.63) is 59.4 Å². The normalized spacial score (nSPS) is 14.8. The van der Waals surface area contributed by atoms with E-state index in [2.05, 4.69) is 32.2 Å². The van der Waals surface area contributed by atoms with Gasteiger partial charge in [0.15, 0.2) is 0 Å². The second kappa shape index (κ2) is 23.0. The summed E-state index contributed by atoms with van der Waals surface area (Å²) in [6.07, 6.45) is 6.30. The molecule has 4 atom stereocenters. The highest BCUT2D eigenvalue weighted by Gasteiger charge is 2.28. The maximum Gasteiger partial charge on any atom is 0.410 e. The summed E-state index contributed by atoms with van der Waals surface area (Å²) in [7, 11) is 0. The highest BCUT2D eigenvalue weighted by molar-refractivity contribution is 7.99. The molecule has 10 heteroatoms. The quantitative estimate of drug-likeness (QED) is 0.149. The number of hydrogen-bond donors (Lipinski definition) is 3. The van der Waals surface area contributed by atoms with Crippen LogP contribution >= 0.6 is 11.8 Å². The minimum absolute atomic E-state index is 0.0196. The zero-order valence-electron chi connectivity index (χ0n) is 28.9. The van der Waals surface area contributed by atoms with Crippen LogP contribution in [0.2, 0.25) is 0 Å². The largest absolute Gasteiger partial charge is 0.444 e. The lowest BCUT2D eigenvalue weighted by atomic mass is 10.1. The molecule has 4 N–H and O–H groups in total. The molecule has 0 bridgehead atoms. The molecule has 0 aromatic heterocycles. The van der Waals surface area contributed by atoms with Crippen LogP contribution in [0.5, 0.6) is 0 Å². The fourth-order valence-electron chi connectivity index (χ4n) is 4.21. The van der Waals surface area contributed by atoms with E-state index in [1.807, 2.05) is 39.0 Å². The molecule has 1 rings (SSSR count). The van der Waals surface area contributed by atoms with Gasteiger partial charge in [0.1, 0.15) is 17.6 Å². The molecule has 1 aromatic rings. The Morgan fingerprint density at radius 1 is 1.13 bits per heavy atom. The number of carbonyl (C=O) groups is 2. The predicted molar refractivity (Wildman–Crippen MR) is 185 cm³/mol. The number of allylic oxidation sites excluding steroid dienone is 4. The molecule has 0 radical (unpaired) electrons. The standard InChI is InChI=1S/C28H49N3O4S.C7H10F2/c1-8-12-23(13-9-2)36-19-24(29)26(33)30-20(4)25(32)18-31(27(34)35-28(5,6)7)17-22-15-11-14-21(10-3)16-22;1-3-4-7(9)5-6(2)8/h11,14-16,20,23-25,32H,8-10,12-13,17-19,29H2,1-7H3,(H,30,33);3-6H,1-2H3/b;4-3-,7-5+. The topological polar surface area (TPSA) is 105 Å². The SMILES string of the molecule is C/C=C\C(F)=C/C(C)F.CCCC(CCC)SCC(N)C(=O)NC(C)C(O)CN(Cc1cccc(CC)c1)C(=O)OC(C)(C)C. The summed E-state index contributed by atoms with van der Waals surface area (Å²) in [5.41, 5.74) is 7.62. The number of nitrogens with one attached hydrogen (secondary N) is 1. The summed E-state index contributed by atoms with van der Waals surface area (Å²) in [6.45, 7) is 16.8. The lowest BCUT2D eigenvalue weighted by Crippen LogP contribution is -2.52. The Balaban J connectivity index is 0.00000186. The van der Waals surface area contributed by atoms with Gasteiger partial charge in [0.25, 0.3) is 0 Å². The molecule has 45 heavy (non-hydrogen) atoms. The molecule has 0 fully saturated rings. The highest BCUT2D eigenvalue weighted by Crippen LogP contribution is 2.22. The first kappa shape index (κ1) is 42.6. The fraction of sp³-hybridized carbons (Fsp3) is 0.657. The van der Waals surface area contributed by atoms with Crippen LogP contribution in [0.4, 0.5) is 13.6 Å². The number of thioether (sulfide) groups is 1. The number of ether oxygens (including phenoxy) is 1. The minimum atomic E-state index is -1.21. The average molecular weight is 656 g/mol. The van der Waals surface area contributed by atoms with E-state index < -0.39 is 41.9 Å². The average Bonchev–Trinajstić information content (AvgIpc) is 2.94. The summed E-state index contributed by atoms with van der Waals surface area (Å²) < 4.78 is 29.7. The lowest BCUT2D eigenvalue weighted by molar-refractivity contribution is -0.123. The molecule has 258 valence electrons. The second-order valence-electron chi connectivity index (χ2n) is 12.3. The van der Waals surface area contributed by atoms with Crippen LogP contribution in [0, 0.1) is 0 Å². The van der Waals surface area contributed by atoms with Gasteiger partial charge in [-0.3, -0.25) is 4.79 Å². The summed E-state index contributed by atoms with van der Waals surface area (Å²) in [5, 5.41) is 14.2. The van der Waals surface area contributed by atoms with Gasteiger partial charge in [0, 0.05) is 17.5 Å². The number of aryl methyl sites for hydroxylation is 1. The molecule has 2 amide bonds. The Morgan fingerprint density at radius 3 is 2.24 bits per heavy atom. The molecule has 0 aliphatic heterocycles. The van der Waals surface area contributed by atoms with Crippen molar-refractivity contribution in [2.24, 2.45) is 5.73 Å². The van der Waals surface area contributed by atoms with Crippen LogP contribution in [0.25, 0.3) is 0 Å². The smallest absolute Gasteiger partial charge is 0.410 e. The minimum Gasteiger partial charge on any atom is -0.444 e. The molecule has 0 aliphatic rings. The lowest BCUT2D eigenvalue weighted by Gasteiger charge is -2.31. The van der Waals surface area contributed by atoms with Gasteiger partial charge >= 0.3 is 6.09 Å². The molecule has 0 saturated carbocycles. The van der Waals surface area contributed by atoms with Gasteiger partial charge in [0.2, 0.25) is 5.91 Å². The summed E-state index contributed by atoms with van der Waals surface area (Å²) >= 11 is 1.75. The Bertz CT molecular complexity index is 1040. The van der Waals surface area contributed by atoms with Gasteiger partial charge in [-0.1, -0.05) is 64.0 Å². The number of aliphatic hydroxyl groups is 1. The highest BCUT2D eigenvalue weighted by atomic mass is 32.2. The summed E-state index contributed by atoms with van der Waals surface area (Å²) in [5.74, 6) is -0.273. The number of nitrogens with two attached hydrogens (primary N) is 1. The molecule has 4 unspecified atom stereocenters. The maximum absolute atomic E-state index is 12.9. The van der Waals surface area contributed by atoms with Crippen molar-refractivity contribution < 1.29 is 28.2 Å². The number of amides is 2. The van der Waals surface area contributed by atoms with E-state index in [1.165, 1.54) is 29.5 Å². The van der Waals surface area contributed by atoms with Crippen LogP contribution in [0.3, 0.4) is 0 Å². The van der Waals surface area contributed by atoms with Crippen molar-refractivity contribution in [1.82, 2.24) is 10.2 Å². The van der Waals surface area contributed by atoms with Crippen molar-refractivity contribution in [2.75, 3.05) is 12.3 Å². The van der Waals surface area contributed by atoms with Crippen molar-refractivity contribution in [2.45, 2.75) is 136 Å². The molecular weight excluding hydrogens is 596 g/mol. The van der Waals surface area contributed by atoms with Crippen molar-refractivity contribution in [1.29, 1.82) is 0 Å². The van der Waals surface area contributed by atoms with Gasteiger partial charge in [-0.15, -0.1) is 0 Å². The second-order valence-corrected chi connectivity index (χ2v) is 13.6. The van der Waals surface area contributed by atoms with Gasteiger partial charge in [-0.2, -0.15) is 11.8 Å². The van der Waals surface area contributed by atoms with Gasteiger partial charge in [-0.25, -0.2) is 13.6 Å². The van der Waals surface area contributed by atoms with E-state index in [1.54, 1.807) is 25.6 Å². The van der Waals surface area contributed by atoms with E-state index >= 15 is 0 Å². The first-order chi connectivity index (χ1) is 21.1. The number of aliphatic hydroxyl groups excluding tert-OH is 1. The zero-order chi connectivity index (χ0) is 34.6. The first-order valence-corrected chi connectivity index (χ1v) is 17.2.